The molecule has 2 rings (SSSR count). The maximum absolute atomic E-state index is 12.5. The lowest BCUT2D eigenvalue weighted by Gasteiger charge is -2.25. The Morgan fingerprint density at radius 2 is 1.39 bits per heavy atom. The molecule has 98 valence electrons. The highest BCUT2D eigenvalue weighted by atomic mass is 79.9. The Morgan fingerprint density at radius 3 is 1.94 bits per heavy atom. The van der Waals surface area contributed by atoms with Crippen molar-refractivity contribution in [3.05, 3.63) is 32.7 Å². The van der Waals surface area contributed by atoms with E-state index in [-0.39, 0.29) is 5.91 Å². The summed E-state index contributed by atoms with van der Waals surface area (Å²) >= 11 is 6.86. The van der Waals surface area contributed by atoms with Crippen LogP contribution in [0.5, 0.6) is 0 Å². The molecule has 0 atom stereocenters. The maximum Gasteiger partial charge on any atom is 0.253 e. The highest BCUT2D eigenvalue weighted by Crippen LogP contribution is 2.22. The summed E-state index contributed by atoms with van der Waals surface area (Å²) in [5.41, 5.74) is 0.761. The predicted octanol–water partition coefficient (Wildman–Crippen LogP) is 4.62. The van der Waals surface area contributed by atoms with Gasteiger partial charge >= 0.3 is 0 Å². The van der Waals surface area contributed by atoms with Gasteiger partial charge in [0, 0.05) is 27.6 Å². The summed E-state index contributed by atoms with van der Waals surface area (Å²) in [6.45, 7) is 1.78. The molecule has 0 unspecified atom stereocenters. The van der Waals surface area contributed by atoms with Crippen molar-refractivity contribution in [2.24, 2.45) is 0 Å². The Balaban J connectivity index is 2.13. The van der Waals surface area contributed by atoms with Crippen LogP contribution in [0.25, 0.3) is 0 Å². The SMILES string of the molecule is O=C(c1cc(Br)cc(Br)c1)N1CCCCCCC1. The number of hydrogen-bond acceptors (Lipinski definition) is 1. The van der Waals surface area contributed by atoms with E-state index in [0.717, 1.165) is 40.4 Å². The van der Waals surface area contributed by atoms with Gasteiger partial charge in [0.25, 0.3) is 5.91 Å². The molecule has 1 fully saturated rings. The average Bonchev–Trinajstić information content (AvgIpc) is 2.26. The van der Waals surface area contributed by atoms with Crippen LogP contribution >= 0.6 is 31.9 Å². The molecule has 0 saturated carbocycles. The van der Waals surface area contributed by atoms with Crippen LogP contribution in [0.3, 0.4) is 0 Å². The second-order valence-electron chi connectivity index (χ2n) is 4.72. The first-order chi connectivity index (χ1) is 8.66. The number of amides is 1. The van der Waals surface area contributed by atoms with Gasteiger partial charge in [-0.3, -0.25) is 4.79 Å². The molecule has 1 aromatic carbocycles. The molecule has 0 aromatic heterocycles. The molecule has 1 saturated heterocycles. The van der Waals surface area contributed by atoms with Gasteiger partial charge in [0.1, 0.15) is 0 Å². The number of halogens is 2. The van der Waals surface area contributed by atoms with Crippen molar-refractivity contribution in [2.75, 3.05) is 13.1 Å². The Bertz CT molecular complexity index is 406. The number of carbonyl (C=O) groups is 1. The number of benzene rings is 1. The van der Waals surface area contributed by atoms with Crippen molar-refractivity contribution in [1.29, 1.82) is 0 Å². The van der Waals surface area contributed by atoms with Gasteiger partial charge in [-0.2, -0.15) is 0 Å². The van der Waals surface area contributed by atoms with Crippen molar-refractivity contribution in [1.82, 2.24) is 4.90 Å². The van der Waals surface area contributed by atoms with Crippen LogP contribution in [-0.4, -0.2) is 23.9 Å². The Hall–Kier alpha value is -0.350. The molecule has 18 heavy (non-hydrogen) atoms. The largest absolute Gasteiger partial charge is 0.339 e. The topological polar surface area (TPSA) is 20.3 Å². The molecule has 1 aliphatic heterocycles. The Labute approximate surface area is 125 Å². The lowest BCUT2D eigenvalue weighted by molar-refractivity contribution is 0.0742. The predicted molar refractivity (Wildman–Crippen MR) is 80.8 cm³/mol. The van der Waals surface area contributed by atoms with E-state index in [4.69, 9.17) is 0 Å². The molecule has 0 spiro atoms. The van der Waals surface area contributed by atoms with Gasteiger partial charge in [0.05, 0.1) is 0 Å². The lowest BCUT2D eigenvalue weighted by atomic mass is 10.1. The van der Waals surface area contributed by atoms with Gasteiger partial charge in [-0.05, 0) is 31.0 Å². The van der Waals surface area contributed by atoms with Crippen LogP contribution in [0.2, 0.25) is 0 Å². The average molecular weight is 375 g/mol. The van der Waals surface area contributed by atoms with Crippen molar-refractivity contribution >= 4 is 37.8 Å². The van der Waals surface area contributed by atoms with Gasteiger partial charge in [-0.25, -0.2) is 0 Å². The van der Waals surface area contributed by atoms with E-state index in [1.807, 2.05) is 23.1 Å². The molecule has 4 heteroatoms. The Kier molecular flexibility index (Phi) is 5.25. The molecule has 1 aromatic rings. The third-order valence-corrected chi connectivity index (χ3v) is 4.17. The summed E-state index contributed by atoms with van der Waals surface area (Å²) in [5, 5.41) is 0. The van der Waals surface area contributed by atoms with E-state index in [1.54, 1.807) is 0 Å². The van der Waals surface area contributed by atoms with E-state index < -0.39 is 0 Å². The standard InChI is InChI=1S/C14H17Br2NO/c15-12-8-11(9-13(16)10-12)14(18)17-6-4-2-1-3-5-7-17/h8-10H,1-7H2. The molecule has 2 nitrogen and oxygen atoms in total. The number of carbonyl (C=O) groups excluding carboxylic acids is 1. The van der Waals surface area contributed by atoms with E-state index in [9.17, 15) is 4.79 Å². The fraction of sp³-hybridized carbons (Fsp3) is 0.500. The van der Waals surface area contributed by atoms with Gasteiger partial charge in [-0.15, -0.1) is 0 Å². The molecule has 0 N–H and O–H groups in total. The van der Waals surface area contributed by atoms with Crippen molar-refractivity contribution in [3.63, 3.8) is 0 Å². The summed E-state index contributed by atoms with van der Waals surface area (Å²) in [4.78, 5) is 14.4. The van der Waals surface area contributed by atoms with Crippen LogP contribution < -0.4 is 0 Å². The van der Waals surface area contributed by atoms with Gasteiger partial charge < -0.3 is 4.90 Å². The van der Waals surface area contributed by atoms with Gasteiger partial charge in [0.15, 0.2) is 0 Å². The summed E-state index contributed by atoms with van der Waals surface area (Å²) < 4.78 is 1.87. The van der Waals surface area contributed by atoms with Crippen LogP contribution in [-0.2, 0) is 0 Å². The van der Waals surface area contributed by atoms with E-state index in [0.29, 0.717) is 0 Å². The molecular formula is C14H17Br2NO. The van der Waals surface area contributed by atoms with Crippen LogP contribution in [0, 0.1) is 0 Å². The highest BCUT2D eigenvalue weighted by molar-refractivity contribution is 9.11. The molecule has 0 radical (unpaired) electrons. The molecule has 1 aliphatic rings. The summed E-state index contributed by atoms with van der Waals surface area (Å²) in [6, 6.07) is 5.74. The number of hydrogen-bond donors (Lipinski definition) is 0. The van der Waals surface area contributed by atoms with E-state index in [1.165, 1.54) is 19.3 Å². The third kappa shape index (κ3) is 3.82. The van der Waals surface area contributed by atoms with Crippen LogP contribution in [0.4, 0.5) is 0 Å². The fourth-order valence-corrected chi connectivity index (χ4v) is 3.60. The minimum Gasteiger partial charge on any atom is -0.339 e. The lowest BCUT2D eigenvalue weighted by Crippen LogP contribution is -2.33. The minimum atomic E-state index is 0.152. The molecule has 0 aliphatic carbocycles. The highest BCUT2D eigenvalue weighted by Gasteiger charge is 2.17. The van der Waals surface area contributed by atoms with Gasteiger partial charge in [-0.1, -0.05) is 51.1 Å². The molecule has 1 heterocycles. The summed E-state index contributed by atoms with van der Waals surface area (Å²) in [6.07, 6.45) is 6.05. The second-order valence-corrected chi connectivity index (χ2v) is 6.55. The molecule has 1 amide bonds. The van der Waals surface area contributed by atoms with Gasteiger partial charge in [0.2, 0.25) is 0 Å². The first kappa shape index (κ1) is 14.1. The number of nitrogens with zero attached hydrogens (tertiary/aromatic N) is 1. The summed E-state index contributed by atoms with van der Waals surface area (Å²) in [7, 11) is 0. The number of likely N-dealkylation sites (tertiary alicyclic amines) is 1. The Morgan fingerprint density at radius 1 is 0.889 bits per heavy atom. The zero-order chi connectivity index (χ0) is 13.0. The van der Waals surface area contributed by atoms with E-state index in [2.05, 4.69) is 31.9 Å². The van der Waals surface area contributed by atoms with Crippen LogP contribution in [0.1, 0.15) is 42.5 Å². The van der Waals surface area contributed by atoms with E-state index >= 15 is 0 Å². The smallest absolute Gasteiger partial charge is 0.253 e. The fourth-order valence-electron chi connectivity index (χ4n) is 2.31. The van der Waals surface area contributed by atoms with Crippen molar-refractivity contribution < 1.29 is 4.79 Å². The summed E-state index contributed by atoms with van der Waals surface area (Å²) in [5.74, 6) is 0.152. The van der Waals surface area contributed by atoms with Crippen molar-refractivity contribution in [2.45, 2.75) is 32.1 Å². The third-order valence-electron chi connectivity index (χ3n) is 3.25. The first-order valence-electron chi connectivity index (χ1n) is 6.42. The maximum atomic E-state index is 12.5. The number of rotatable bonds is 1. The minimum absolute atomic E-state index is 0.152. The van der Waals surface area contributed by atoms with Crippen LogP contribution in [0.15, 0.2) is 27.1 Å². The zero-order valence-corrected chi connectivity index (χ0v) is 13.5. The molecule has 0 bridgehead atoms. The van der Waals surface area contributed by atoms with Crippen molar-refractivity contribution in [3.8, 4) is 0 Å². The normalized spacial score (nSPS) is 17.1. The molecular weight excluding hydrogens is 358 g/mol. The quantitative estimate of drug-likeness (QED) is 0.702. The first-order valence-corrected chi connectivity index (χ1v) is 8.01. The zero-order valence-electron chi connectivity index (χ0n) is 10.3. The monoisotopic (exact) mass is 373 g/mol. The second kappa shape index (κ2) is 6.71.